The van der Waals surface area contributed by atoms with Gasteiger partial charge in [-0.3, -0.25) is 4.79 Å². The quantitative estimate of drug-likeness (QED) is 0.771. The number of benzene rings is 1. The molecule has 2 N–H and O–H groups in total. The third kappa shape index (κ3) is 3.86. The summed E-state index contributed by atoms with van der Waals surface area (Å²) in [5, 5.41) is 0. The molecule has 0 spiro atoms. The normalized spacial score (nSPS) is 11.3. The molecule has 0 aliphatic carbocycles. The van der Waals surface area contributed by atoms with Gasteiger partial charge in [-0.05, 0) is 31.9 Å². The van der Waals surface area contributed by atoms with E-state index < -0.39 is 0 Å². The molecular formula is C14H21NO2. The number of hydrogen-bond acceptors (Lipinski definition) is 3. The summed E-state index contributed by atoms with van der Waals surface area (Å²) in [5.74, 6) is 0.745. The maximum absolute atomic E-state index is 11.2. The predicted molar refractivity (Wildman–Crippen MR) is 69.4 cm³/mol. The summed E-state index contributed by atoms with van der Waals surface area (Å²) >= 11 is 0. The first kappa shape index (κ1) is 13.7. The summed E-state index contributed by atoms with van der Waals surface area (Å²) < 4.78 is 5.67. The number of ether oxygens (including phenoxy) is 1. The second kappa shape index (κ2) is 5.82. The van der Waals surface area contributed by atoms with Gasteiger partial charge in [0.15, 0.2) is 5.78 Å². The molecule has 0 aromatic heterocycles. The molecular weight excluding hydrogens is 214 g/mol. The van der Waals surface area contributed by atoms with Gasteiger partial charge in [0.25, 0.3) is 0 Å². The van der Waals surface area contributed by atoms with Gasteiger partial charge in [-0.15, -0.1) is 0 Å². The molecule has 0 bridgehead atoms. The van der Waals surface area contributed by atoms with Gasteiger partial charge in [-0.2, -0.15) is 0 Å². The molecule has 3 nitrogen and oxygen atoms in total. The maximum Gasteiger partial charge on any atom is 0.159 e. The molecule has 3 heteroatoms. The number of hydrogen-bond donors (Lipinski definition) is 1. The van der Waals surface area contributed by atoms with Crippen LogP contribution in [0.4, 0.5) is 0 Å². The molecule has 0 aliphatic rings. The number of Topliss-reactive ketones (excluding diaryl/α,β-unsaturated/α-hetero) is 1. The molecule has 0 radical (unpaired) electrons. The van der Waals surface area contributed by atoms with Crippen molar-refractivity contribution in [3.63, 3.8) is 0 Å². The monoisotopic (exact) mass is 235 g/mol. The molecule has 0 fully saturated rings. The minimum Gasteiger partial charge on any atom is -0.492 e. The van der Waals surface area contributed by atoms with Crippen molar-refractivity contribution in [2.75, 3.05) is 6.61 Å². The zero-order valence-corrected chi connectivity index (χ0v) is 10.8. The summed E-state index contributed by atoms with van der Waals surface area (Å²) in [6.45, 7) is 6.13. The van der Waals surface area contributed by atoms with Crippen LogP contribution in [-0.4, -0.2) is 17.9 Å². The third-order valence-corrected chi connectivity index (χ3v) is 3.18. The highest BCUT2D eigenvalue weighted by atomic mass is 16.5. The van der Waals surface area contributed by atoms with Gasteiger partial charge in [-0.1, -0.05) is 26.0 Å². The van der Waals surface area contributed by atoms with Crippen molar-refractivity contribution >= 4 is 5.78 Å². The topological polar surface area (TPSA) is 52.3 Å². The first-order valence-corrected chi connectivity index (χ1v) is 6.03. The number of nitrogens with two attached hydrogens (primary N) is 1. The first-order chi connectivity index (χ1) is 8.00. The lowest BCUT2D eigenvalue weighted by molar-refractivity contribution is 0.101. The lowest BCUT2D eigenvalue weighted by atomic mass is 9.96. The Labute approximate surface area is 103 Å². The molecule has 1 aromatic rings. The zero-order chi connectivity index (χ0) is 12.9. The van der Waals surface area contributed by atoms with Crippen LogP contribution in [0.15, 0.2) is 24.3 Å². The Balaban J connectivity index is 2.69. The summed E-state index contributed by atoms with van der Waals surface area (Å²) in [6.07, 6.45) is 1.74. The molecule has 0 saturated heterocycles. The van der Waals surface area contributed by atoms with Gasteiger partial charge >= 0.3 is 0 Å². The van der Waals surface area contributed by atoms with Crippen LogP contribution in [0.5, 0.6) is 5.75 Å². The molecule has 17 heavy (non-hydrogen) atoms. The van der Waals surface area contributed by atoms with Crippen molar-refractivity contribution in [1.29, 1.82) is 0 Å². The number of carbonyl (C=O) groups is 1. The summed E-state index contributed by atoms with van der Waals surface area (Å²) in [6, 6.07) is 7.21. The van der Waals surface area contributed by atoms with Crippen LogP contribution >= 0.6 is 0 Å². The van der Waals surface area contributed by atoms with Crippen molar-refractivity contribution in [3.8, 4) is 5.75 Å². The van der Waals surface area contributed by atoms with Crippen molar-refractivity contribution in [1.82, 2.24) is 0 Å². The molecule has 0 aliphatic heterocycles. The van der Waals surface area contributed by atoms with E-state index in [1.54, 1.807) is 19.1 Å². The predicted octanol–water partition coefficient (Wildman–Crippen LogP) is 2.79. The largest absolute Gasteiger partial charge is 0.492 e. The van der Waals surface area contributed by atoms with Crippen molar-refractivity contribution in [2.45, 2.75) is 39.2 Å². The molecule has 0 amide bonds. The van der Waals surface area contributed by atoms with Gasteiger partial charge in [0, 0.05) is 11.1 Å². The molecule has 1 aromatic carbocycles. The minimum atomic E-state index is -0.285. The first-order valence-electron chi connectivity index (χ1n) is 6.03. The molecule has 0 unspecified atom stereocenters. The van der Waals surface area contributed by atoms with E-state index in [9.17, 15) is 4.79 Å². The van der Waals surface area contributed by atoms with Gasteiger partial charge < -0.3 is 10.5 Å². The number of ketones is 1. The summed E-state index contributed by atoms with van der Waals surface area (Å²) in [4.78, 5) is 11.2. The highest BCUT2D eigenvalue weighted by Gasteiger charge is 2.21. The van der Waals surface area contributed by atoms with Crippen LogP contribution in [0.1, 0.15) is 44.0 Å². The van der Waals surface area contributed by atoms with Crippen LogP contribution in [0, 0.1) is 0 Å². The fraction of sp³-hybridized carbons (Fsp3) is 0.500. The maximum atomic E-state index is 11.2. The van der Waals surface area contributed by atoms with E-state index in [1.165, 1.54) is 0 Å². The molecule has 0 heterocycles. The van der Waals surface area contributed by atoms with Crippen molar-refractivity contribution < 1.29 is 9.53 Å². The average Bonchev–Trinajstić information content (AvgIpc) is 2.36. The highest BCUT2D eigenvalue weighted by Crippen LogP contribution is 2.17. The fourth-order valence-corrected chi connectivity index (χ4v) is 1.49. The highest BCUT2D eigenvalue weighted by molar-refractivity contribution is 5.94. The Morgan fingerprint density at radius 3 is 2.53 bits per heavy atom. The van der Waals surface area contributed by atoms with E-state index in [1.807, 2.05) is 12.1 Å². The number of rotatable bonds is 6. The Morgan fingerprint density at radius 2 is 2.00 bits per heavy atom. The Hall–Kier alpha value is -1.35. The smallest absolute Gasteiger partial charge is 0.159 e. The Morgan fingerprint density at radius 1 is 1.35 bits per heavy atom. The third-order valence-electron chi connectivity index (χ3n) is 3.18. The molecule has 1 rings (SSSR count). The van der Waals surface area contributed by atoms with Crippen LogP contribution in [0.25, 0.3) is 0 Å². The van der Waals surface area contributed by atoms with Gasteiger partial charge in [0.1, 0.15) is 12.4 Å². The summed E-state index contributed by atoms with van der Waals surface area (Å²) in [7, 11) is 0. The van der Waals surface area contributed by atoms with Crippen LogP contribution in [0.3, 0.4) is 0 Å². The van der Waals surface area contributed by atoms with Crippen LogP contribution in [0.2, 0.25) is 0 Å². The van der Waals surface area contributed by atoms with E-state index in [-0.39, 0.29) is 11.3 Å². The van der Waals surface area contributed by atoms with E-state index in [0.29, 0.717) is 17.9 Å². The van der Waals surface area contributed by atoms with Crippen LogP contribution < -0.4 is 10.5 Å². The molecule has 0 saturated carbocycles. The number of carbonyl (C=O) groups excluding carboxylic acids is 1. The lowest BCUT2D eigenvalue weighted by Crippen LogP contribution is -2.44. The summed E-state index contributed by atoms with van der Waals surface area (Å²) in [5.41, 5.74) is 6.53. The molecule has 94 valence electrons. The van der Waals surface area contributed by atoms with Gasteiger partial charge in [0.05, 0.1) is 0 Å². The Kier molecular flexibility index (Phi) is 4.70. The van der Waals surface area contributed by atoms with Gasteiger partial charge in [0.2, 0.25) is 0 Å². The second-order valence-electron chi connectivity index (χ2n) is 4.44. The zero-order valence-electron chi connectivity index (χ0n) is 10.8. The van der Waals surface area contributed by atoms with Crippen LogP contribution in [-0.2, 0) is 0 Å². The average molecular weight is 235 g/mol. The second-order valence-corrected chi connectivity index (χ2v) is 4.44. The van der Waals surface area contributed by atoms with E-state index in [2.05, 4.69) is 13.8 Å². The fourth-order valence-electron chi connectivity index (χ4n) is 1.49. The van der Waals surface area contributed by atoms with E-state index in [0.717, 1.165) is 12.8 Å². The molecule has 0 atom stereocenters. The van der Waals surface area contributed by atoms with Crippen molar-refractivity contribution in [3.05, 3.63) is 29.8 Å². The SMILES string of the molecule is CCC(N)(CC)COc1cccc(C(C)=O)c1. The van der Waals surface area contributed by atoms with Gasteiger partial charge in [-0.25, -0.2) is 0 Å². The van der Waals surface area contributed by atoms with Crippen molar-refractivity contribution in [2.24, 2.45) is 5.73 Å². The lowest BCUT2D eigenvalue weighted by Gasteiger charge is -2.26. The standard InChI is InChI=1S/C14H21NO2/c1-4-14(15,5-2)10-17-13-8-6-7-12(9-13)11(3)16/h6-9H,4-5,10,15H2,1-3H3. The Bertz CT molecular complexity index is 384. The van der Waals surface area contributed by atoms with E-state index in [4.69, 9.17) is 10.5 Å². The van der Waals surface area contributed by atoms with E-state index >= 15 is 0 Å². The minimum absolute atomic E-state index is 0.0421.